The van der Waals surface area contributed by atoms with Gasteiger partial charge in [0.2, 0.25) is 10.0 Å². The van der Waals surface area contributed by atoms with Gasteiger partial charge in [0.05, 0.1) is 13.2 Å². The molecule has 0 saturated carbocycles. The predicted molar refractivity (Wildman–Crippen MR) is 101 cm³/mol. The van der Waals surface area contributed by atoms with E-state index >= 15 is 0 Å². The predicted octanol–water partition coefficient (Wildman–Crippen LogP) is 2.37. The second-order valence-corrected chi connectivity index (χ2v) is 8.36. The number of carbonyl (C=O) groups is 1. The molecule has 8 heteroatoms. The average Bonchev–Trinajstić information content (AvgIpc) is 3.23. The molecule has 1 aromatic heterocycles. The van der Waals surface area contributed by atoms with Crippen LogP contribution in [0.5, 0.6) is 5.75 Å². The third-order valence-corrected chi connectivity index (χ3v) is 6.56. The Bertz CT molecular complexity index is 910. The van der Waals surface area contributed by atoms with Crippen LogP contribution in [0.4, 0.5) is 0 Å². The normalized spacial score (nSPS) is 16.1. The molecule has 1 saturated heterocycles. The molecule has 3 rings (SSSR count). The van der Waals surface area contributed by atoms with Crippen molar-refractivity contribution in [1.29, 1.82) is 0 Å². The molecular formula is C19H23N3O4S. The number of ether oxygens (including phenoxy) is 1. The number of aromatic nitrogens is 1. The number of carbonyl (C=O) groups excluding carboxylic acids is 1. The molecule has 0 aliphatic carbocycles. The molecule has 0 radical (unpaired) electrons. The maximum Gasteiger partial charge on any atom is 0.251 e. The van der Waals surface area contributed by atoms with Crippen molar-refractivity contribution in [3.05, 3.63) is 53.9 Å². The Kier molecular flexibility index (Phi) is 5.76. The van der Waals surface area contributed by atoms with Gasteiger partial charge in [0, 0.05) is 31.0 Å². The van der Waals surface area contributed by atoms with Gasteiger partial charge in [0.15, 0.2) is 0 Å². The van der Waals surface area contributed by atoms with Crippen molar-refractivity contribution >= 4 is 15.9 Å². The Labute approximate surface area is 159 Å². The first-order chi connectivity index (χ1) is 12.9. The topological polar surface area (TPSA) is 88.6 Å². The molecule has 1 N–H and O–H groups in total. The zero-order valence-electron chi connectivity index (χ0n) is 15.4. The molecule has 1 amide bonds. The molecule has 7 nitrogen and oxygen atoms in total. The Morgan fingerprint density at radius 2 is 2.00 bits per heavy atom. The monoisotopic (exact) mass is 389 g/mol. The fourth-order valence-corrected chi connectivity index (χ4v) is 4.78. The number of sulfonamides is 1. The number of methoxy groups -OCH3 is 1. The maximum atomic E-state index is 12.9. The fraction of sp³-hybridized carbons (Fsp3) is 0.368. The van der Waals surface area contributed by atoms with Crippen LogP contribution in [0.1, 0.15) is 41.7 Å². The van der Waals surface area contributed by atoms with Gasteiger partial charge in [-0.05, 0) is 49.6 Å². The highest BCUT2D eigenvalue weighted by Gasteiger charge is 2.30. The molecule has 1 aromatic carbocycles. The zero-order valence-corrected chi connectivity index (χ0v) is 16.2. The summed E-state index contributed by atoms with van der Waals surface area (Å²) in [6, 6.07) is 7.88. The lowest BCUT2D eigenvalue weighted by Gasteiger charge is -2.19. The Hall–Kier alpha value is -2.45. The number of hydrogen-bond donors (Lipinski definition) is 1. The number of nitrogens with zero attached hydrogens (tertiary/aromatic N) is 2. The SMILES string of the molecule is COc1ccc(C(=O)N[C@@H](C)c2cccnc2)cc1S(=O)(=O)N1CCCC1. The van der Waals surface area contributed by atoms with Gasteiger partial charge in [-0.25, -0.2) is 8.42 Å². The fourth-order valence-electron chi connectivity index (χ4n) is 3.08. The van der Waals surface area contributed by atoms with Gasteiger partial charge in [0.25, 0.3) is 5.91 Å². The van der Waals surface area contributed by atoms with Crippen molar-refractivity contribution < 1.29 is 17.9 Å². The van der Waals surface area contributed by atoms with Crippen LogP contribution in [-0.2, 0) is 10.0 Å². The lowest BCUT2D eigenvalue weighted by Crippen LogP contribution is -2.29. The van der Waals surface area contributed by atoms with Crippen molar-refractivity contribution in [2.24, 2.45) is 0 Å². The summed E-state index contributed by atoms with van der Waals surface area (Å²) in [5, 5.41) is 2.87. The highest BCUT2D eigenvalue weighted by Crippen LogP contribution is 2.30. The van der Waals surface area contributed by atoms with Gasteiger partial charge >= 0.3 is 0 Å². The van der Waals surface area contributed by atoms with Gasteiger partial charge < -0.3 is 10.1 Å². The van der Waals surface area contributed by atoms with Crippen LogP contribution < -0.4 is 10.1 Å². The van der Waals surface area contributed by atoms with Crippen LogP contribution in [0.2, 0.25) is 0 Å². The van der Waals surface area contributed by atoms with E-state index in [9.17, 15) is 13.2 Å². The van der Waals surface area contributed by atoms with E-state index in [1.165, 1.54) is 23.5 Å². The van der Waals surface area contributed by atoms with Crippen LogP contribution in [0.25, 0.3) is 0 Å². The summed E-state index contributed by atoms with van der Waals surface area (Å²) in [5.74, 6) is -0.120. The van der Waals surface area contributed by atoms with E-state index in [1.54, 1.807) is 24.5 Å². The average molecular weight is 389 g/mol. The molecule has 2 heterocycles. The molecule has 1 fully saturated rings. The number of rotatable bonds is 6. The van der Waals surface area contributed by atoms with Crippen molar-refractivity contribution in [3.63, 3.8) is 0 Å². The number of nitrogens with one attached hydrogen (secondary N) is 1. The molecule has 1 aliphatic heterocycles. The molecule has 0 spiro atoms. The van der Waals surface area contributed by atoms with E-state index in [4.69, 9.17) is 4.74 Å². The third-order valence-electron chi connectivity index (χ3n) is 4.64. The molecule has 0 bridgehead atoms. The Morgan fingerprint density at radius 3 is 2.63 bits per heavy atom. The summed E-state index contributed by atoms with van der Waals surface area (Å²) in [6.07, 6.45) is 5.02. The highest BCUT2D eigenvalue weighted by atomic mass is 32.2. The van der Waals surface area contributed by atoms with Gasteiger partial charge in [-0.2, -0.15) is 4.31 Å². The van der Waals surface area contributed by atoms with Crippen LogP contribution in [0.3, 0.4) is 0 Å². The van der Waals surface area contributed by atoms with Gasteiger partial charge in [-0.1, -0.05) is 6.07 Å². The first-order valence-electron chi connectivity index (χ1n) is 8.82. The van der Waals surface area contributed by atoms with Crippen LogP contribution in [-0.4, -0.2) is 43.8 Å². The summed E-state index contributed by atoms with van der Waals surface area (Å²) in [6.45, 7) is 2.82. The highest BCUT2D eigenvalue weighted by molar-refractivity contribution is 7.89. The standard InChI is InChI=1S/C19H23N3O4S/c1-14(16-6-5-9-20-13-16)21-19(23)15-7-8-17(26-2)18(12-15)27(24,25)22-10-3-4-11-22/h5-9,12-14H,3-4,10-11H2,1-2H3,(H,21,23)/t14-/m0/s1. The molecule has 1 atom stereocenters. The van der Waals surface area contributed by atoms with Crippen molar-refractivity contribution in [2.75, 3.05) is 20.2 Å². The van der Waals surface area contributed by atoms with Crippen LogP contribution >= 0.6 is 0 Å². The van der Waals surface area contributed by atoms with Crippen LogP contribution in [0, 0.1) is 0 Å². The largest absolute Gasteiger partial charge is 0.495 e. The second-order valence-electron chi connectivity index (χ2n) is 6.46. The van der Waals surface area contributed by atoms with Gasteiger partial charge in [-0.15, -0.1) is 0 Å². The minimum absolute atomic E-state index is 0.0218. The first-order valence-corrected chi connectivity index (χ1v) is 10.3. The first kappa shape index (κ1) is 19.3. The summed E-state index contributed by atoms with van der Waals surface area (Å²) >= 11 is 0. The van der Waals surface area contributed by atoms with E-state index in [-0.39, 0.29) is 28.2 Å². The van der Waals surface area contributed by atoms with E-state index in [2.05, 4.69) is 10.3 Å². The minimum atomic E-state index is -3.70. The Balaban J connectivity index is 1.87. The van der Waals surface area contributed by atoms with Crippen molar-refractivity contribution in [2.45, 2.75) is 30.7 Å². The van der Waals surface area contributed by atoms with Crippen molar-refractivity contribution in [1.82, 2.24) is 14.6 Å². The molecule has 144 valence electrons. The summed E-state index contributed by atoms with van der Waals surface area (Å²) in [7, 11) is -2.28. The number of pyridine rings is 1. The summed E-state index contributed by atoms with van der Waals surface area (Å²) < 4.78 is 32.5. The third kappa shape index (κ3) is 4.12. The number of hydrogen-bond acceptors (Lipinski definition) is 5. The summed E-state index contributed by atoms with van der Waals surface area (Å²) in [4.78, 5) is 16.7. The van der Waals surface area contributed by atoms with E-state index in [1.807, 2.05) is 13.0 Å². The molecular weight excluding hydrogens is 366 g/mol. The smallest absolute Gasteiger partial charge is 0.251 e. The van der Waals surface area contributed by atoms with E-state index < -0.39 is 10.0 Å². The van der Waals surface area contributed by atoms with Crippen molar-refractivity contribution in [3.8, 4) is 5.75 Å². The van der Waals surface area contributed by atoms with Gasteiger partial charge in [0.1, 0.15) is 10.6 Å². The quantitative estimate of drug-likeness (QED) is 0.819. The Morgan fingerprint density at radius 1 is 1.26 bits per heavy atom. The minimum Gasteiger partial charge on any atom is -0.495 e. The molecule has 2 aromatic rings. The lowest BCUT2D eigenvalue weighted by molar-refractivity contribution is 0.0939. The van der Waals surface area contributed by atoms with E-state index in [0.717, 1.165) is 18.4 Å². The molecule has 0 unspecified atom stereocenters. The summed E-state index contributed by atoms with van der Waals surface area (Å²) in [5.41, 5.74) is 1.13. The number of amides is 1. The van der Waals surface area contributed by atoms with E-state index in [0.29, 0.717) is 13.1 Å². The second kappa shape index (κ2) is 8.06. The van der Waals surface area contributed by atoms with Crippen LogP contribution in [0.15, 0.2) is 47.6 Å². The number of benzene rings is 1. The zero-order chi connectivity index (χ0) is 19.4. The lowest BCUT2D eigenvalue weighted by atomic mass is 10.1. The molecule has 1 aliphatic rings. The molecule has 27 heavy (non-hydrogen) atoms. The van der Waals surface area contributed by atoms with Gasteiger partial charge in [-0.3, -0.25) is 9.78 Å². The maximum absolute atomic E-state index is 12.9.